The number of carbonyl (C=O) groups is 2. The summed E-state index contributed by atoms with van der Waals surface area (Å²) in [4.78, 5) is 28.5. The maximum absolute atomic E-state index is 12.2. The van der Waals surface area contributed by atoms with Crippen molar-refractivity contribution >= 4 is 35.2 Å². The molecule has 0 saturated heterocycles. The van der Waals surface area contributed by atoms with E-state index in [1.54, 1.807) is 10.6 Å². The molecule has 29 heavy (non-hydrogen) atoms. The predicted molar refractivity (Wildman–Crippen MR) is 110 cm³/mol. The van der Waals surface area contributed by atoms with Gasteiger partial charge >= 0.3 is 5.97 Å². The van der Waals surface area contributed by atoms with Crippen LogP contribution in [0.1, 0.15) is 35.7 Å². The number of hydrogen-bond donors (Lipinski definition) is 1. The zero-order valence-corrected chi connectivity index (χ0v) is 16.4. The Morgan fingerprint density at radius 2 is 2.07 bits per heavy atom. The first-order chi connectivity index (χ1) is 14.1. The highest BCUT2D eigenvalue weighted by atomic mass is 35.5. The van der Waals surface area contributed by atoms with Gasteiger partial charge in [0.15, 0.2) is 11.8 Å². The van der Waals surface area contributed by atoms with Gasteiger partial charge in [-0.15, -0.1) is 0 Å². The number of halogens is 1. The smallest absolute Gasteiger partial charge is 0.331 e. The number of ether oxygens (including phenoxy) is 1. The summed E-state index contributed by atoms with van der Waals surface area (Å²) in [6, 6.07) is 13.6. The van der Waals surface area contributed by atoms with Crippen molar-refractivity contribution in [3.8, 4) is 0 Å². The van der Waals surface area contributed by atoms with Crippen molar-refractivity contribution < 1.29 is 14.3 Å². The van der Waals surface area contributed by atoms with Crippen LogP contribution in [-0.2, 0) is 20.7 Å². The summed E-state index contributed by atoms with van der Waals surface area (Å²) < 4.78 is 6.84. The van der Waals surface area contributed by atoms with Gasteiger partial charge in [0.25, 0.3) is 5.91 Å². The molecule has 7 heteroatoms. The van der Waals surface area contributed by atoms with Gasteiger partial charge in [0.1, 0.15) is 5.65 Å². The Balaban J connectivity index is 1.33. The van der Waals surface area contributed by atoms with E-state index in [0.717, 1.165) is 24.8 Å². The minimum absolute atomic E-state index is 0.0429. The van der Waals surface area contributed by atoms with E-state index in [0.29, 0.717) is 11.3 Å². The molecule has 2 heterocycles. The molecule has 0 saturated carbocycles. The molecule has 0 spiro atoms. The second kappa shape index (κ2) is 8.49. The predicted octanol–water partition coefficient (Wildman–Crippen LogP) is 3.74. The lowest BCUT2D eigenvalue weighted by Crippen LogP contribution is -2.34. The molecule has 1 aromatic carbocycles. The van der Waals surface area contributed by atoms with Gasteiger partial charge < -0.3 is 10.1 Å². The van der Waals surface area contributed by atoms with Crippen LogP contribution in [0.4, 0.5) is 0 Å². The number of hydrogen-bond acceptors (Lipinski definition) is 4. The summed E-state index contributed by atoms with van der Waals surface area (Å²) in [5.41, 5.74) is 3.65. The van der Waals surface area contributed by atoms with Crippen molar-refractivity contribution in [3.63, 3.8) is 0 Å². The molecule has 1 atom stereocenters. The van der Waals surface area contributed by atoms with E-state index in [9.17, 15) is 9.59 Å². The molecule has 0 unspecified atom stereocenters. The Hall–Kier alpha value is -3.12. The lowest BCUT2D eigenvalue weighted by molar-refractivity contribution is -0.144. The number of benzene rings is 1. The van der Waals surface area contributed by atoms with Crippen molar-refractivity contribution in [2.24, 2.45) is 0 Å². The van der Waals surface area contributed by atoms with Crippen LogP contribution in [0.15, 0.2) is 54.7 Å². The fourth-order valence-corrected chi connectivity index (χ4v) is 3.85. The zero-order valence-electron chi connectivity index (χ0n) is 15.7. The maximum atomic E-state index is 12.2. The second-order valence-corrected chi connectivity index (χ2v) is 7.23. The first-order valence-corrected chi connectivity index (χ1v) is 9.84. The lowest BCUT2D eigenvalue weighted by atomic mass is 9.88. The standard InChI is InChI=1S/C22H20ClN3O3/c23-22-18(26-13-4-3-10-19(26)25-22)11-12-21(28)29-14-20(27)24-17-9-5-7-15-6-1-2-8-16(15)17/h1-4,6,8,10-13,17H,5,7,9,14H2,(H,24,27)/b12-11+/t17-/m1/s1. The van der Waals surface area contributed by atoms with Crippen LogP contribution in [0.2, 0.25) is 5.15 Å². The van der Waals surface area contributed by atoms with Gasteiger partial charge in [-0.05, 0) is 48.6 Å². The number of fused-ring (bicyclic) bond motifs is 2. The van der Waals surface area contributed by atoms with Gasteiger partial charge in [0, 0.05) is 12.3 Å². The molecule has 1 N–H and O–H groups in total. The number of nitrogens with one attached hydrogen (secondary N) is 1. The molecule has 1 aliphatic carbocycles. The Bertz CT molecular complexity index is 1090. The first-order valence-electron chi connectivity index (χ1n) is 9.46. The summed E-state index contributed by atoms with van der Waals surface area (Å²) in [5.74, 6) is -0.938. The average molecular weight is 410 g/mol. The maximum Gasteiger partial charge on any atom is 0.331 e. The van der Waals surface area contributed by atoms with Crippen LogP contribution in [0.5, 0.6) is 0 Å². The topological polar surface area (TPSA) is 72.7 Å². The van der Waals surface area contributed by atoms with E-state index in [-0.39, 0.29) is 23.7 Å². The van der Waals surface area contributed by atoms with Crippen LogP contribution in [0, 0.1) is 0 Å². The van der Waals surface area contributed by atoms with E-state index >= 15 is 0 Å². The van der Waals surface area contributed by atoms with E-state index in [1.165, 1.54) is 17.7 Å². The summed E-state index contributed by atoms with van der Waals surface area (Å²) in [5, 5.41) is 3.24. The van der Waals surface area contributed by atoms with Crippen LogP contribution in [-0.4, -0.2) is 27.9 Å². The highest BCUT2D eigenvalue weighted by Gasteiger charge is 2.21. The number of nitrogens with zero attached hydrogens (tertiary/aromatic N) is 2. The largest absolute Gasteiger partial charge is 0.452 e. The van der Waals surface area contributed by atoms with Crippen LogP contribution < -0.4 is 5.32 Å². The van der Waals surface area contributed by atoms with E-state index in [2.05, 4.69) is 16.4 Å². The van der Waals surface area contributed by atoms with Crippen molar-refractivity contribution in [2.75, 3.05) is 6.61 Å². The van der Waals surface area contributed by atoms with E-state index in [1.807, 2.05) is 36.4 Å². The summed E-state index contributed by atoms with van der Waals surface area (Å²) in [6.45, 7) is -0.331. The monoisotopic (exact) mass is 409 g/mol. The van der Waals surface area contributed by atoms with Gasteiger partial charge in [-0.2, -0.15) is 0 Å². The Labute approximate surface area is 173 Å². The van der Waals surface area contributed by atoms with E-state index < -0.39 is 5.97 Å². The van der Waals surface area contributed by atoms with E-state index in [4.69, 9.17) is 16.3 Å². The summed E-state index contributed by atoms with van der Waals surface area (Å²) in [6.07, 6.45) is 7.49. The van der Waals surface area contributed by atoms with Crippen LogP contribution in [0.25, 0.3) is 11.7 Å². The molecule has 0 fully saturated rings. The summed E-state index contributed by atoms with van der Waals surface area (Å²) >= 11 is 6.13. The van der Waals surface area contributed by atoms with Crippen molar-refractivity contribution in [3.05, 3.63) is 76.7 Å². The van der Waals surface area contributed by atoms with Gasteiger partial charge in [-0.3, -0.25) is 9.20 Å². The average Bonchev–Trinajstić information content (AvgIpc) is 3.06. The van der Waals surface area contributed by atoms with Gasteiger partial charge in [0.05, 0.1) is 11.7 Å². The molecule has 6 nitrogen and oxygen atoms in total. The quantitative estimate of drug-likeness (QED) is 0.514. The van der Waals surface area contributed by atoms with Crippen molar-refractivity contribution in [2.45, 2.75) is 25.3 Å². The lowest BCUT2D eigenvalue weighted by Gasteiger charge is -2.26. The fraction of sp³-hybridized carbons (Fsp3) is 0.227. The molecule has 1 amide bonds. The number of carbonyl (C=O) groups excluding carboxylic acids is 2. The van der Waals surface area contributed by atoms with Gasteiger partial charge in [-0.1, -0.05) is 41.9 Å². The number of amides is 1. The molecule has 3 aromatic rings. The number of aromatic nitrogens is 2. The van der Waals surface area contributed by atoms with Crippen molar-refractivity contribution in [1.82, 2.24) is 14.7 Å². The second-order valence-electron chi connectivity index (χ2n) is 6.87. The minimum atomic E-state index is -0.619. The highest BCUT2D eigenvalue weighted by Crippen LogP contribution is 2.29. The number of rotatable bonds is 5. The first kappa shape index (κ1) is 19.2. The third kappa shape index (κ3) is 4.32. The minimum Gasteiger partial charge on any atom is -0.452 e. The number of imidazole rings is 1. The molecule has 0 radical (unpaired) electrons. The number of esters is 1. The van der Waals surface area contributed by atoms with Crippen LogP contribution in [0.3, 0.4) is 0 Å². The Morgan fingerprint density at radius 1 is 1.24 bits per heavy atom. The number of pyridine rings is 1. The SMILES string of the molecule is O=C(COC(=O)/C=C/c1c(Cl)nc2ccccn12)N[C@@H]1CCCc2ccccc21. The highest BCUT2D eigenvalue weighted by molar-refractivity contribution is 6.31. The third-order valence-corrected chi connectivity index (χ3v) is 5.23. The normalized spacial score (nSPS) is 16.0. The van der Waals surface area contributed by atoms with Gasteiger partial charge in [0.2, 0.25) is 0 Å². The molecular weight excluding hydrogens is 390 g/mol. The molecule has 2 aromatic heterocycles. The molecule has 1 aliphatic rings. The third-order valence-electron chi connectivity index (χ3n) is 4.95. The fourth-order valence-electron chi connectivity index (χ4n) is 3.61. The molecular formula is C22H20ClN3O3. The molecule has 0 bridgehead atoms. The molecule has 148 valence electrons. The Morgan fingerprint density at radius 3 is 2.97 bits per heavy atom. The molecule has 4 rings (SSSR count). The Kier molecular flexibility index (Phi) is 5.62. The summed E-state index contributed by atoms with van der Waals surface area (Å²) in [7, 11) is 0. The zero-order chi connectivity index (χ0) is 20.2. The molecule has 0 aliphatic heterocycles. The van der Waals surface area contributed by atoms with Crippen LogP contribution >= 0.6 is 11.6 Å². The van der Waals surface area contributed by atoms with Crippen molar-refractivity contribution in [1.29, 1.82) is 0 Å². The number of aryl methyl sites for hydroxylation is 1. The van der Waals surface area contributed by atoms with Gasteiger partial charge in [-0.25, -0.2) is 9.78 Å².